The maximum Gasteiger partial charge on any atom is 0.196 e. The normalized spacial score (nSPS) is 22.5. The fraction of sp³-hybridized carbons (Fsp3) is 0.750. The van der Waals surface area contributed by atoms with E-state index in [0.29, 0.717) is 12.1 Å². The lowest BCUT2D eigenvalue weighted by atomic mass is 10.2. The van der Waals surface area contributed by atoms with Crippen LogP contribution in [0.4, 0.5) is 0 Å². The van der Waals surface area contributed by atoms with Crippen LogP contribution in [-0.4, -0.2) is 30.8 Å². The summed E-state index contributed by atoms with van der Waals surface area (Å²) in [7, 11) is 1.95. The third-order valence-electron chi connectivity index (χ3n) is 3.03. The summed E-state index contributed by atoms with van der Waals surface area (Å²) < 4.78 is 11.2. The second-order valence-corrected chi connectivity index (χ2v) is 4.45. The van der Waals surface area contributed by atoms with Crippen LogP contribution < -0.4 is 5.32 Å². The first-order valence-electron chi connectivity index (χ1n) is 6.00. The molecule has 16 heavy (non-hydrogen) atoms. The van der Waals surface area contributed by atoms with Crippen molar-refractivity contribution in [3.05, 3.63) is 17.8 Å². The van der Waals surface area contributed by atoms with Gasteiger partial charge in [-0.2, -0.15) is 0 Å². The summed E-state index contributed by atoms with van der Waals surface area (Å²) in [6.07, 6.45) is 6.13. The summed E-state index contributed by atoms with van der Waals surface area (Å²) in [5, 5.41) is 3.18. The van der Waals surface area contributed by atoms with E-state index in [4.69, 9.17) is 9.15 Å². The highest BCUT2D eigenvalue weighted by atomic mass is 16.5. The van der Waals surface area contributed by atoms with Crippen molar-refractivity contribution in [2.45, 2.75) is 44.8 Å². The maximum absolute atomic E-state index is 5.69. The standard InChI is InChI=1S/C12H20N2O2/c1-9(13-2)6-11-8-14-12(16-11)7-10-4-3-5-15-10/h8-10,13H,3-7H2,1-2H3. The lowest BCUT2D eigenvalue weighted by molar-refractivity contribution is 0.105. The number of oxazole rings is 1. The molecule has 0 aliphatic carbocycles. The van der Waals surface area contributed by atoms with Crippen LogP contribution in [0.15, 0.2) is 10.6 Å². The molecule has 0 aromatic carbocycles. The topological polar surface area (TPSA) is 47.3 Å². The van der Waals surface area contributed by atoms with Gasteiger partial charge in [0.15, 0.2) is 5.89 Å². The number of aromatic nitrogens is 1. The van der Waals surface area contributed by atoms with Crippen LogP contribution in [0.1, 0.15) is 31.4 Å². The number of ether oxygens (including phenoxy) is 1. The number of nitrogens with zero attached hydrogens (tertiary/aromatic N) is 1. The lowest BCUT2D eigenvalue weighted by Gasteiger charge is -2.07. The molecule has 1 fully saturated rings. The molecular formula is C12H20N2O2. The van der Waals surface area contributed by atoms with E-state index in [1.165, 1.54) is 0 Å². The van der Waals surface area contributed by atoms with Crippen molar-refractivity contribution in [3.8, 4) is 0 Å². The predicted molar refractivity (Wildman–Crippen MR) is 61.4 cm³/mol. The van der Waals surface area contributed by atoms with E-state index < -0.39 is 0 Å². The van der Waals surface area contributed by atoms with E-state index in [0.717, 1.165) is 43.9 Å². The van der Waals surface area contributed by atoms with Gasteiger partial charge in [-0.15, -0.1) is 0 Å². The van der Waals surface area contributed by atoms with Gasteiger partial charge >= 0.3 is 0 Å². The molecule has 0 saturated carbocycles. The minimum atomic E-state index is 0.313. The number of likely N-dealkylation sites (N-methyl/N-ethyl adjacent to an activating group) is 1. The Morgan fingerprint density at radius 3 is 3.19 bits per heavy atom. The Hall–Kier alpha value is -0.870. The van der Waals surface area contributed by atoms with Gasteiger partial charge in [0.25, 0.3) is 0 Å². The van der Waals surface area contributed by atoms with Crippen molar-refractivity contribution in [3.63, 3.8) is 0 Å². The minimum absolute atomic E-state index is 0.313. The third-order valence-corrected chi connectivity index (χ3v) is 3.03. The molecule has 0 radical (unpaired) electrons. The summed E-state index contributed by atoms with van der Waals surface area (Å²) in [6, 6.07) is 0.420. The molecule has 0 amide bonds. The summed E-state index contributed by atoms with van der Waals surface area (Å²) >= 11 is 0. The van der Waals surface area contributed by atoms with Gasteiger partial charge in [-0.25, -0.2) is 4.98 Å². The van der Waals surface area contributed by atoms with Crippen LogP contribution >= 0.6 is 0 Å². The zero-order chi connectivity index (χ0) is 11.4. The van der Waals surface area contributed by atoms with Gasteiger partial charge in [-0.1, -0.05) is 0 Å². The van der Waals surface area contributed by atoms with E-state index >= 15 is 0 Å². The number of hydrogen-bond donors (Lipinski definition) is 1. The molecule has 2 atom stereocenters. The number of hydrogen-bond acceptors (Lipinski definition) is 4. The molecule has 1 aromatic rings. The van der Waals surface area contributed by atoms with Crippen molar-refractivity contribution in [1.29, 1.82) is 0 Å². The first kappa shape index (κ1) is 11.6. The molecule has 2 rings (SSSR count). The first-order valence-corrected chi connectivity index (χ1v) is 6.00. The van der Waals surface area contributed by atoms with Crippen molar-refractivity contribution in [2.24, 2.45) is 0 Å². The monoisotopic (exact) mass is 224 g/mol. The van der Waals surface area contributed by atoms with E-state index in [-0.39, 0.29) is 0 Å². The smallest absolute Gasteiger partial charge is 0.196 e. The number of rotatable bonds is 5. The van der Waals surface area contributed by atoms with E-state index in [1.54, 1.807) is 0 Å². The van der Waals surface area contributed by atoms with Crippen molar-refractivity contribution in [1.82, 2.24) is 10.3 Å². The Morgan fingerprint density at radius 2 is 2.50 bits per heavy atom. The summed E-state index contributed by atoms with van der Waals surface area (Å²) in [4.78, 5) is 4.29. The Kier molecular flexibility index (Phi) is 3.96. The zero-order valence-corrected chi connectivity index (χ0v) is 10.0. The van der Waals surface area contributed by atoms with Crippen molar-refractivity contribution in [2.75, 3.05) is 13.7 Å². The molecule has 2 unspecified atom stereocenters. The van der Waals surface area contributed by atoms with Crippen molar-refractivity contribution >= 4 is 0 Å². The molecule has 0 spiro atoms. The molecule has 1 aliphatic rings. The molecule has 0 bridgehead atoms. The highest BCUT2D eigenvalue weighted by molar-refractivity contribution is 4.97. The summed E-state index contributed by atoms with van der Waals surface area (Å²) in [5.41, 5.74) is 0. The van der Waals surface area contributed by atoms with Crippen molar-refractivity contribution < 1.29 is 9.15 Å². The zero-order valence-electron chi connectivity index (χ0n) is 10.0. The first-order chi connectivity index (χ1) is 7.78. The average Bonchev–Trinajstić information content (AvgIpc) is 2.91. The molecular weight excluding hydrogens is 204 g/mol. The summed E-state index contributed by atoms with van der Waals surface area (Å²) in [5.74, 6) is 1.76. The van der Waals surface area contributed by atoms with Crippen LogP contribution in [-0.2, 0) is 17.6 Å². The largest absolute Gasteiger partial charge is 0.446 e. The Morgan fingerprint density at radius 1 is 1.62 bits per heavy atom. The van der Waals surface area contributed by atoms with E-state index in [2.05, 4.69) is 17.2 Å². The molecule has 1 saturated heterocycles. The Bertz CT molecular complexity index is 319. The SMILES string of the molecule is CNC(C)Cc1cnc(CC2CCCO2)o1. The lowest BCUT2D eigenvalue weighted by Crippen LogP contribution is -2.23. The van der Waals surface area contributed by atoms with Gasteiger partial charge in [-0.3, -0.25) is 0 Å². The molecule has 90 valence electrons. The van der Waals surface area contributed by atoms with Crippen LogP contribution in [0, 0.1) is 0 Å². The summed E-state index contributed by atoms with van der Waals surface area (Å²) in [6.45, 7) is 3.01. The highest BCUT2D eigenvalue weighted by Crippen LogP contribution is 2.17. The minimum Gasteiger partial charge on any atom is -0.446 e. The van der Waals surface area contributed by atoms with Gasteiger partial charge in [0.2, 0.25) is 0 Å². The van der Waals surface area contributed by atoms with Crippen LogP contribution in [0.3, 0.4) is 0 Å². The van der Waals surface area contributed by atoms with Crippen LogP contribution in [0.5, 0.6) is 0 Å². The predicted octanol–water partition coefficient (Wildman–Crippen LogP) is 1.55. The molecule has 4 nitrogen and oxygen atoms in total. The molecule has 2 heterocycles. The molecule has 1 N–H and O–H groups in total. The molecule has 1 aliphatic heterocycles. The highest BCUT2D eigenvalue weighted by Gasteiger charge is 2.18. The molecule has 4 heteroatoms. The second kappa shape index (κ2) is 5.46. The van der Waals surface area contributed by atoms with Gasteiger partial charge in [0.05, 0.1) is 18.7 Å². The van der Waals surface area contributed by atoms with Crippen LogP contribution in [0.2, 0.25) is 0 Å². The maximum atomic E-state index is 5.69. The van der Waals surface area contributed by atoms with E-state index in [9.17, 15) is 0 Å². The quantitative estimate of drug-likeness (QED) is 0.824. The third kappa shape index (κ3) is 3.06. The molecule has 1 aromatic heterocycles. The Balaban J connectivity index is 1.86. The van der Waals surface area contributed by atoms with Gasteiger partial charge in [0, 0.05) is 19.1 Å². The van der Waals surface area contributed by atoms with Gasteiger partial charge < -0.3 is 14.5 Å². The fourth-order valence-electron chi connectivity index (χ4n) is 1.94. The average molecular weight is 224 g/mol. The van der Waals surface area contributed by atoms with Crippen LogP contribution in [0.25, 0.3) is 0 Å². The second-order valence-electron chi connectivity index (χ2n) is 4.45. The fourth-order valence-corrected chi connectivity index (χ4v) is 1.94. The van der Waals surface area contributed by atoms with E-state index in [1.807, 2.05) is 13.2 Å². The Labute approximate surface area is 96.4 Å². The van der Waals surface area contributed by atoms with Gasteiger partial charge in [-0.05, 0) is 26.8 Å². The number of nitrogens with one attached hydrogen (secondary N) is 1. The van der Waals surface area contributed by atoms with Gasteiger partial charge in [0.1, 0.15) is 5.76 Å².